The van der Waals surface area contributed by atoms with E-state index >= 15 is 0 Å². The van der Waals surface area contributed by atoms with Crippen LogP contribution in [0.5, 0.6) is 0 Å². The molecule has 0 saturated carbocycles. The Hall–Kier alpha value is -0.120. The summed E-state index contributed by atoms with van der Waals surface area (Å²) >= 11 is 0. The molecular formula is C12H25NO2. The van der Waals surface area contributed by atoms with Crippen LogP contribution in [0.4, 0.5) is 0 Å². The zero-order valence-corrected chi connectivity index (χ0v) is 10.7. The van der Waals surface area contributed by atoms with Gasteiger partial charge >= 0.3 is 0 Å². The highest BCUT2D eigenvalue weighted by molar-refractivity contribution is 4.93. The molecule has 3 heteroatoms. The summed E-state index contributed by atoms with van der Waals surface area (Å²) in [7, 11) is 0. The van der Waals surface area contributed by atoms with Crippen molar-refractivity contribution in [1.82, 2.24) is 5.32 Å². The van der Waals surface area contributed by atoms with Crippen molar-refractivity contribution < 1.29 is 9.84 Å². The predicted octanol–water partition coefficient (Wildman–Crippen LogP) is 1.69. The SMILES string of the molecule is CC(C)(C)NCC1(O)CCOC(C)(C)C1. The molecule has 1 aliphatic rings. The van der Waals surface area contributed by atoms with E-state index in [4.69, 9.17) is 4.74 Å². The van der Waals surface area contributed by atoms with Crippen molar-refractivity contribution in [3.8, 4) is 0 Å². The number of hydrogen-bond donors (Lipinski definition) is 2. The molecule has 15 heavy (non-hydrogen) atoms. The van der Waals surface area contributed by atoms with E-state index in [-0.39, 0.29) is 11.1 Å². The van der Waals surface area contributed by atoms with Crippen LogP contribution in [0.2, 0.25) is 0 Å². The largest absolute Gasteiger partial charge is 0.388 e. The maximum atomic E-state index is 10.4. The Labute approximate surface area is 93.2 Å². The van der Waals surface area contributed by atoms with E-state index in [1.165, 1.54) is 0 Å². The summed E-state index contributed by atoms with van der Waals surface area (Å²) in [6, 6.07) is 0. The van der Waals surface area contributed by atoms with Crippen LogP contribution in [0.15, 0.2) is 0 Å². The third-order valence-corrected chi connectivity index (χ3v) is 2.76. The van der Waals surface area contributed by atoms with Crippen LogP contribution in [0.25, 0.3) is 0 Å². The smallest absolute Gasteiger partial charge is 0.0820 e. The second-order valence-electron chi connectivity index (χ2n) is 6.36. The molecule has 1 unspecified atom stereocenters. The first-order chi connectivity index (χ1) is 6.62. The van der Waals surface area contributed by atoms with Crippen molar-refractivity contribution in [2.75, 3.05) is 13.2 Å². The topological polar surface area (TPSA) is 41.5 Å². The summed E-state index contributed by atoms with van der Waals surface area (Å²) in [5, 5.41) is 13.8. The van der Waals surface area contributed by atoms with Crippen LogP contribution in [0, 0.1) is 0 Å². The Bertz CT molecular complexity index is 220. The summed E-state index contributed by atoms with van der Waals surface area (Å²) in [6.45, 7) is 11.7. The zero-order valence-electron chi connectivity index (χ0n) is 10.7. The van der Waals surface area contributed by atoms with Gasteiger partial charge in [-0.25, -0.2) is 0 Å². The van der Waals surface area contributed by atoms with Gasteiger partial charge in [-0.2, -0.15) is 0 Å². The quantitative estimate of drug-likeness (QED) is 0.736. The van der Waals surface area contributed by atoms with E-state index in [1.54, 1.807) is 0 Å². The van der Waals surface area contributed by atoms with Crippen molar-refractivity contribution in [3.05, 3.63) is 0 Å². The first-order valence-electron chi connectivity index (χ1n) is 5.73. The minimum absolute atomic E-state index is 0.0537. The van der Waals surface area contributed by atoms with Crippen molar-refractivity contribution in [2.24, 2.45) is 0 Å². The number of hydrogen-bond acceptors (Lipinski definition) is 3. The summed E-state index contributed by atoms with van der Waals surface area (Å²) in [5.74, 6) is 0. The second-order valence-corrected chi connectivity index (χ2v) is 6.36. The molecule has 0 radical (unpaired) electrons. The number of rotatable bonds is 2. The van der Waals surface area contributed by atoms with E-state index in [1.807, 2.05) is 13.8 Å². The third kappa shape index (κ3) is 4.49. The summed E-state index contributed by atoms with van der Waals surface area (Å²) < 4.78 is 5.60. The van der Waals surface area contributed by atoms with Gasteiger partial charge in [0.25, 0.3) is 0 Å². The molecule has 1 atom stereocenters. The average Bonchev–Trinajstić information content (AvgIpc) is 1.97. The maximum Gasteiger partial charge on any atom is 0.0820 e. The molecule has 2 N–H and O–H groups in total. The summed E-state index contributed by atoms with van der Waals surface area (Å²) in [4.78, 5) is 0. The van der Waals surface area contributed by atoms with Gasteiger partial charge in [-0.15, -0.1) is 0 Å². The lowest BCUT2D eigenvalue weighted by Crippen LogP contribution is -2.54. The van der Waals surface area contributed by atoms with E-state index in [2.05, 4.69) is 26.1 Å². The Morgan fingerprint density at radius 3 is 2.40 bits per heavy atom. The van der Waals surface area contributed by atoms with E-state index in [0.717, 1.165) is 6.42 Å². The molecule has 0 aliphatic carbocycles. The van der Waals surface area contributed by atoms with Gasteiger partial charge in [0.1, 0.15) is 0 Å². The number of ether oxygens (including phenoxy) is 1. The van der Waals surface area contributed by atoms with Crippen LogP contribution in [0.3, 0.4) is 0 Å². The fourth-order valence-corrected chi connectivity index (χ4v) is 2.03. The summed E-state index contributed by atoms with van der Waals surface area (Å²) in [5.41, 5.74) is -0.764. The van der Waals surface area contributed by atoms with Crippen LogP contribution < -0.4 is 5.32 Å². The van der Waals surface area contributed by atoms with Gasteiger partial charge < -0.3 is 15.2 Å². The van der Waals surface area contributed by atoms with Crippen LogP contribution in [0.1, 0.15) is 47.5 Å². The number of β-amino-alcohol motifs (C(OH)–C–C–N with tert-alkyl or cyclic N) is 1. The molecule has 0 aromatic carbocycles. The molecule has 0 aromatic heterocycles. The molecule has 1 heterocycles. The fourth-order valence-electron chi connectivity index (χ4n) is 2.03. The van der Waals surface area contributed by atoms with Crippen molar-refractivity contribution in [1.29, 1.82) is 0 Å². The standard InChI is InChI=1S/C12H25NO2/c1-10(2,3)13-9-12(14)6-7-15-11(4,5)8-12/h13-14H,6-9H2,1-5H3. The second kappa shape index (κ2) is 4.04. The molecule has 0 amide bonds. The minimum atomic E-state index is -0.616. The Morgan fingerprint density at radius 1 is 1.33 bits per heavy atom. The Morgan fingerprint density at radius 2 is 1.93 bits per heavy atom. The molecule has 1 aliphatic heterocycles. The molecule has 1 rings (SSSR count). The van der Waals surface area contributed by atoms with E-state index in [9.17, 15) is 5.11 Å². The Kier molecular flexibility index (Phi) is 3.49. The monoisotopic (exact) mass is 215 g/mol. The maximum absolute atomic E-state index is 10.4. The van der Waals surface area contributed by atoms with Gasteiger partial charge in [-0.1, -0.05) is 0 Å². The normalized spacial score (nSPS) is 31.6. The van der Waals surface area contributed by atoms with Crippen LogP contribution in [-0.2, 0) is 4.74 Å². The fraction of sp³-hybridized carbons (Fsp3) is 1.00. The molecule has 0 bridgehead atoms. The molecule has 0 aromatic rings. The predicted molar refractivity (Wildman–Crippen MR) is 62.0 cm³/mol. The van der Waals surface area contributed by atoms with E-state index in [0.29, 0.717) is 19.6 Å². The molecule has 3 nitrogen and oxygen atoms in total. The molecular weight excluding hydrogens is 190 g/mol. The lowest BCUT2D eigenvalue weighted by atomic mass is 9.84. The van der Waals surface area contributed by atoms with Gasteiger partial charge in [0, 0.05) is 24.9 Å². The first-order valence-corrected chi connectivity index (χ1v) is 5.73. The minimum Gasteiger partial charge on any atom is -0.388 e. The summed E-state index contributed by atoms with van der Waals surface area (Å²) in [6.07, 6.45) is 1.42. The van der Waals surface area contributed by atoms with Crippen LogP contribution in [-0.4, -0.2) is 35.0 Å². The van der Waals surface area contributed by atoms with Crippen molar-refractivity contribution in [3.63, 3.8) is 0 Å². The van der Waals surface area contributed by atoms with Gasteiger partial charge in [0.2, 0.25) is 0 Å². The lowest BCUT2D eigenvalue weighted by Gasteiger charge is -2.42. The lowest BCUT2D eigenvalue weighted by molar-refractivity contribution is -0.143. The van der Waals surface area contributed by atoms with E-state index < -0.39 is 5.60 Å². The van der Waals surface area contributed by atoms with Gasteiger partial charge in [-0.05, 0) is 34.6 Å². The first kappa shape index (κ1) is 12.9. The van der Waals surface area contributed by atoms with Gasteiger partial charge in [-0.3, -0.25) is 0 Å². The molecule has 90 valence electrons. The number of nitrogens with one attached hydrogen (secondary N) is 1. The van der Waals surface area contributed by atoms with Gasteiger partial charge in [0.15, 0.2) is 0 Å². The number of aliphatic hydroxyl groups is 1. The van der Waals surface area contributed by atoms with Crippen molar-refractivity contribution >= 4 is 0 Å². The Balaban J connectivity index is 2.51. The average molecular weight is 215 g/mol. The molecule has 1 saturated heterocycles. The highest BCUT2D eigenvalue weighted by atomic mass is 16.5. The third-order valence-electron chi connectivity index (χ3n) is 2.76. The van der Waals surface area contributed by atoms with Crippen molar-refractivity contribution in [2.45, 2.75) is 64.2 Å². The highest BCUT2D eigenvalue weighted by Gasteiger charge is 2.39. The highest BCUT2D eigenvalue weighted by Crippen LogP contribution is 2.31. The van der Waals surface area contributed by atoms with Gasteiger partial charge in [0.05, 0.1) is 17.8 Å². The zero-order chi connectivity index (χ0) is 11.7. The molecule has 0 spiro atoms. The molecule has 1 fully saturated rings. The van der Waals surface area contributed by atoms with Crippen LogP contribution >= 0.6 is 0 Å².